The molecular weight excluding hydrogens is 264 g/mol. The van der Waals surface area contributed by atoms with E-state index in [1.54, 1.807) is 7.05 Å². The highest BCUT2D eigenvalue weighted by atomic mass is 35.5. The van der Waals surface area contributed by atoms with E-state index in [4.69, 9.17) is 11.6 Å². The third kappa shape index (κ3) is 3.25. The zero-order valence-electron chi connectivity index (χ0n) is 11.7. The van der Waals surface area contributed by atoms with Gasteiger partial charge in [0.1, 0.15) is 0 Å². The number of halogens is 1. The molecular formula is C12H21ClN6. The Morgan fingerprint density at radius 3 is 2.37 bits per heavy atom. The second-order valence-corrected chi connectivity index (χ2v) is 5.52. The first kappa shape index (κ1) is 14.3. The molecule has 0 amide bonds. The fourth-order valence-electron chi connectivity index (χ4n) is 2.60. The average Bonchev–Trinajstić information content (AvgIpc) is 2.86. The predicted molar refractivity (Wildman–Crippen MR) is 77.8 cm³/mol. The SMILES string of the molecule is CNc1nc(Cl)nc(NCC2(N(C)C)CCCC2)n1. The number of aromatic nitrogens is 3. The Morgan fingerprint density at radius 2 is 1.79 bits per heavy atom. The molecule has 0 atom stereocenters. The lowest BCUT2D eigenvalue weighted by Gasteiger charge is -2.36. The molecule has 2 N–H and O–H groups in total. The molecule has 6 nitrogen and oxygen atoms in total. The van der Waals surface area contributed by atoms with Crippen LogP contribution in [-0.2, 0) is 0 Å². The Hall–Kier alpha value is -1.14. The first-order valence-electron chi connectivity index (χ1n) is 6.56. The average molecular weight is 285 g/mol. The minimum absolute atomic E-state index is 0.193. The summed E-state index contributed by atoms with van der Waals surface area (Å²) in [6, 6.07) is 0. The van der Waals surface area contributed by atoms with Crippen LogP contribution in [0.3, 0.4) is 0 Å². The van der Waals surface area contributed by atoms with E-state index in [1.807, 2.05) is 0 Å². The van der Waals surface area contributed by atoms with E-state index < -0.39 is 0 Å². The monoisotopic (exact) mass is 284 g/mol. The summed E-state index contributed by atoms with van der Waals surface area (Å²) in [5.41, 5.74) is 0.193. The fraction of sp³-hybridized carbons (Fsp3) is 0.750. The summed E-state index contributed by atoms with van der Waals surface area (Å²) in [5, 5.41) is 6.37. The van der Waals surface area contributed by atoms with Crippen molar-refractivity contribution in [3.8, 4) is 0 Å². The molecule has 1 aliphatic rings. The summed E-state index contributed by atoms with van der Waals surface area (Å²) in [5.74, 6) is 1.00. The first-order chi connectivity index (χ1) is 9.05. The van der Waals surface area contributed by atoms with Crippen molar-refractivity contribution in [2.24, 2.45) is 0 Å². The zero-order chi connectivity index (χ0) is 13.9. The van der Waals surface area contributed by atoms with Crippen LogP contribution in [0.1, 0.15) is 25.7 Å². The molecule has 7 heteroatoms. The van der Waals surface area contributed by atoms with Gasteiger partial charge in [0.2, 0.25) is 17.2 Å². The molecule has 1 heterocycles. The summed E-state index contributed by atoms with van der Waals surface area (Å²) in [6.45, 7) is 0.823. The van der Waals surface area contributed by atoms with E-state index in [0.29, 0.717) is 11.9 Å². The number of rotatable bonds is 5. The lowest BCUT2D eigenvalue weighted by molar-refractivity contribution is 0.172. The van der Waals surface area contributed by atoms with Crippen molar-refractivity contribution in [1.82, 2.24) is 19.9 Å². The molecule has 0 aliphatic heterocycles. The minimum Gasteiger partial charge on any atom is -0.357 e. The van der Waals surface area contributed by atoms with Gasteiger partial charge < -0.3 is 15.5 Å². The van der Waals surface area contributed by atoms with Gasteiger partial charge in [-0.2, -0.15) is 15.0 Å². The van der Waals surface area contributed by atoms with Crippen LogP contribution in [0.2, 0.25) is 5.28 Å². The Morgan fingerprint density at radius 1 is 1.16 bits per heavy atom. The Balaban J connectivity index is 2.07. The lowest BCUT2D eigenvalue weighted by Crippen LogP contribution is -2.47. The molecule has 106 valence electrons. The van der Waals surface area contributed by atoms with Crippen LogP contribution in [0.25, 0.3) is 0 Å². The molecule has 0 saturated heterocycles. The molecule has 0 bridgehead atoms. The molecule has 1 aliphatic carbocycles. The van der Waals surface area contributed by atoms with Crippen LogP contribution in [0.4, 0.5) is 11.9 Å². The van der Waals surface area contributed by atoms with E-state index in [0.717, 1.165) is 6.54 Å². The van der Waals surface area contributed by atoms with Crippen molar-refractivity contribution in [3.05, 3.63) is 5.28 Å². The largest absolute Gasteiger partial charge is 0.357 e. The number of nitrogens with zero attached hydrogens (tertiary/aromatic N) is 4. The number of hydrogen-bond acceptors (Lipinski definition) is 6. The van der Waals surface area contributed by atoms with Crippen LogP contribution in [-0.4, -0.2) is 53.1 Å². The highest BCUT2D eigenvalue weighted by Gasteiger charge is 2.35. The summed E-state index contributed by atoms with van der Waals surface area (Å²) < 4.78 is 0. The maximum absolute atomic E-state index is 5.87. The van der Waals surface area contributed by atoms with Gasteiger partial charge in [-0.15, -0.1) is 0 Å². The van der Waals surface area contributed by atoms with Crippen molar-refractivity contribution in [2.75, 3.05) is 38.3 Å². The van der Waals surface area contributed by atoms with Crippen LogP contribution >= 0.6 is 11.6 Å². The molecule has 0 radical (unpaired) electrons. The maximum Gasteiger partial charge on any atom is 0.228 e. The van der Waals surface area contributed by atoms with Gasteiger partial charge in [-0.3, -0.25) is 0 Å². The topological polar surface area (TPSA) is 66.0 Å². The van der Waals surface area contributed by atoms with E-state index in [2.05, 4.69) is 44.6 Å². The molecule has 0 aromatic carbocycles. The number of anilines is 2. The second kappa shape index (κ2) is 5.88. The van der Waals surface area contributed by atoms with Gasteiger partial charge in [0.25, 0.3) is 0 Å². The zero-order valence-corrected chi connectivity index (χ0v) is 12.5. The van der Waals surface area contributed by atoms with Gasteiger partial charge in [-0.05, 0) is 38.5 Å². The number of hydrogen-bond donors (Lipinski definition) is 2. The van der Waals surface area contributed by atoms with Crippen LogP contribution in [0, 0.1) is 0 Å². The highest BCUT2D eigenvalue weighted by Crippen LogP contribution is 2.33. The Labute approximate surface area is 119 Å². The molecule has 0 spiro atoms. The third-order valence-electron chi connectivity index (χ3n) is 3.89. The van der Waals surface area contributed by atoms with E-state index >= 15 is 0 Å². The minimum atomic E-state index is 0.193. The van der Waals surface area contributed by atoms with Crippen molar-refractivity contribution in [1.29, 1.82) is 0 Å². The van der Waals surface area contributed by atoms with Crippen molar-refractivity contribution in [2.45, 2.75) is 31.2 Å². The fourth-order valence-corrected chi connectivity index (χ4v) is 2.76. The smallest absolute Gasteiger partial charge is 0.228 e. The van der Waals surface area contributed by atoms with E-state index in [9.17, 15) is 0 Å². The van der Waals surface area contributed by atoms with Gasteiger partial charge in [0.05, 0.1) is 0 Å². The predicted octanol–water partition coefficient (Wildman–Crippen LogP) is 1.85. The normalized spacial score (nSPS) is 17.7. The number of nitrogens with one attached hydrogen (secondary N) is 2. The van der Waals surface area contributed by atoms with Gasteiger partial charge >= 0.3 is 0 Å². The van der Waals surface area contributed by atoms with Crippen LogP contribution in [0.15, 0.2) is 0 Å². The summed E-state index contributed by atoms with van der Waals surface area (Å²) in [4.78, 5) is 14.6. The summed E-state index contributed by atoms with van der Waals surface area (Å²) in [6.07, 6.45) is 4.95. The third-order valence-corrected chi connectivity index (χ3v) is 4.06. The first-order valence-corrected chi connectivity index (χ1v) is 6.94. The molecule has 19 heavy (non-hydrogen) atoms. The number of likely N-dealkylation sites (N-methyl/N-ethyl adjacent to an activating group) is 1. The van der Waals surface area contributed by atoms with E-state index in [-0.39, 0.29) is 10.8 Å². The van der Waals surface area contributed by atoms with Crippen LogP contribution in [0.5, 0.6) is 0 Å². The summed E-state index contributed by atoms with van der Waals surface area (Å²) in [7, 11) is 6.02. The second-order valence-electron chi connectivity index (χ2n) is 5.18. The van der Waals surface area contributed by atoms with E-state index in [1.165, 1.54) is 25.7 Å². The van der Waals surface area contributed by atoms with Crippen molar-refractivity contribution in [3.63, 3.8) is 0 Å². The van der Waals surface area contributed by atoms with Crippen LogP contribution < -0.4 is 10.6 Å². The molecule has 2 rings (SSSR count). The molecule has 1 fully saturated rings. The van der Waals surface area contributed by atoms with Gasteiger partial charge in [-0.1, -0.05) is 12.8 Å². The Bertz CT molecular complexity index is 430. The quantitative estimate of drug-likeness (QED) is 0.860. The molecule has 1 saturated carbocycles. The molecule has 1 aromatic heterocycles. The maximum atomic E-state index is 5.87. The van der Waals surface area contributed by atoms with Gasteiger partial charge in [-0.25, -0.2) is 0 Å². The lowest BCUT2D eigenvalue weighted by atomic mass is 9.96. The van der Waals surface area contributed by atoms with Crippen molar-refractivity contribution >= 4 is 23.5 Å². The van der Waals surface area contributed by atoms with Gasteiger partial charge in [0.15, 0.2) is 0 Å². The summed E-state index contributed by atoms with van der Waals surface area (Å²) >= 11 is 5.87. The van der Waals surface area contributed by atoms with Gasteiger partial charge in [0, 0.05) is 19.1 Å². The Kier molecular flexibility index (Phi) is 4.42. The molecule has 0 unspecified atom stereocenters. The highest BCUT2D eigenvalue weighted by molar-refractivity contribution is 6.28. The van der Waals surface area contributed by atoms with Crippen molar-refractivity contribution < 1.29 is 0 Å². The standard InChI is InChI=1S/C12H21ClN6/c1-14-10-16-9(13)17-11(18-10)15-8-12(19(2)3)6-4-5-7-12/h4-8H2,1-3H3,(H2,14,15,16,17,18). The molecule has 1 aromatic rings.